The molecule has 2 aromatic rings. The van der Waals surface area contributed by atoms with Crippen molar-refractivity contribution in [3.8, 4) is 0 Å². The summed E-state index contributed by atoms with van der Waals surface area (Å²) in [5.41, 5.74) is 6.00. The highest BCUT2D eigenvalue weighted by Crippen LogP contribution is 2.30. The van der Waals surface area contributed by atoms with Crippen LogP contribution in [0, 0.1) is 0 Å². The zero-order valence-electron chi connectivity index (χ0n) is 60.3. The van der Waals surface area contributed by atoms with Gasteiger partial charge in [-0.25, -0.2) is 0 Å². The Labute approximate surface area is 549 Å². The molecule has 0 aliphatic heterocycles. The van der Waals surface area contributed by atoms with Crippen molar-refractivity contribution < 1.29 is 0 Å². The molecule has 0 saturated carbocycles. The second kappa shape index (κ2) is 66.9. The first-order valence-electron chi connectivity index (χ1n) is 40.9. The number of benzene rings is 2. The van der Waals surface area contributed by atoms with E-state index in [1.54, 1.807) is 0 Å². The minimum atomic E-state index is 1.03. The first-order chi connectivity index (χ1) is 43.2. The van der Waals surface area contributed by atoms with Crippen LogP contribution in [0.4, 0.5) is 11.4 Å². The van der Waals surface area contributed by atoms with E-state index in [0.717, 1.165) is 6.42 Å². The molecule has 0 bridgehead atoms. The molecule has 2 heteroatoms. The second-order valence-corrected chi connectivity index (χ2v) is 28.7. The SMILES string of the molecule is CCCCCCCCCCCCCCCCCCN(CCCCCCCCCCCCCCCCCC)c1cc(Cc2ccccc2)cc(N(CCCCCCCCCCCCCCCCCC)CCCCCCCCCCCCCCCCCC)c1. The monoisotopic (exact) mass is 1210 g/mol. The van der Waals surface area contributed by atoms with Gasteiger partial charge < -0.3 is 9.80 Å². The maximum atomic E-state index is 2.88. The molecule has 0 saturated heterocycles. The summed E-state index contributed by atoms with van der Waals surface area (Å²) in [5.74, 6) is 0. The summed E-state index contributed by atoms with van der Waals surface area (Å²) in [6, 6.07) is 19.4. The number of rotatable bonds is 72. The van der Waals surface area contributed by atoms with Crippen LogP contribution in [0.2, 0.25) is 0 Å². The van der Waals surface area contributed by atoms with Gasteiger partial charge in [-0.15, -0.1) is 0 Å². The second-order valence-electron chi connectivity index (χ2n) is 28.7. The van der Waals surface area contributed by atoms with Gasteiger partial charge >= 0.3 is 0 Å². The van der Waals surface area contributed by atoms with E-state index in [0.29, 0.717) is 0 Å². The Bertz CT molecular complexity index is 1430. The van der Waals surface area contributed by atoms with Gasteiger partial charge in [0.15, 0.2) is 0 Å². The molecular formula is C85H158N2. The molecule has 2 rings (SSSR count). The molecule has 0 aromatic heterocycles. The Balaban J connectivity index is 2.09. The van der Waals surface area contributed by atoms with E-state index in [1.165, 1.54) is 460 Å². The molecule has 0 heterocycles. The number of hydrogen-bond donors (Lipinski definition) is 0. The number of nitrogens with zero attached hydrogens (tertiary/aromatic N) is 2. The molecule has 0 radical (unpaired) electrons. The van der Waals surface area contributed by atoms with Crippen molar-refractivity contribution in [2.24, 2.45) is 0 Å². The summed E-state index contributed by atoms with van der Waals surface area (Å²) >= 11 is 0. The van der Waals surface area contributed by atoms with Crippen molar-refractivity contribution in [1.82, 2.24) is 0 Å². The van der Waals surface area contributed by atoms with Crippen LogP contribution in [0.5, 0.6) is 0 Å². The highest BCUT2D eigenvalue weighted by molar-refractivity contribution is 5.62. The summed E-state index contributed by atoms with van der Waals surface area (Å²) < 4.78 is 0. The van der Waals surface area contributed by atoms with E-state index in [1.807, 2.05) is 0 Å². The molecule has 0 atom stereocenters. The zero-order chi connectivity index (χ0) is 61.9. The zero-order valence-corrected chi connectivity index (χ0v) is 60.3. The van der Waals surface area contributed by atoms with Gasteiger partial charge in [0.2, 0.25) is 0 Å². The van der Waals surface area contributed by atoms with Gasteiger partial charge in [0, 0.05) is 37.6 Å². The average molecular weight is 1210 g/mol. The van der Waals surface area contributed by atoms with Crippen LogP contribution in [0.15, 0.2) is 48.5 Å². The van der Waals surface area contributed by atoms with Crippen LogP contribution in [-0.2, 0) is 6.42 Å². The predicted octanol–water partition coefficient (Wildman–Crippen LogP) is 29.9. The molecule has 0 amide bonds. The predicted molar refractivity (Wildman–Crippen MR) is 398 cm³/mol. The molecule has 0 fully saturated rings. The molecule has 508 valence electrons. The number of anilines is 2. The van der Waals surface area contributed by atoms with E-state index in [9.17, 15) is 0 Å². The maximum absolute atomic E-state index is 2.88. The Morgan fingerprint density at radius 2 is 0.356 bits per heavy atom. The minimum Gasteiger partial charge on any atom is -0.371 e. The van der Waals surface area contributed by atoms with Gasteiger partial charge in [0.25, 0.3) is 0 Å². The van der Waals surface area contributed by atoms with Gasteiger partial charge in [0.05, 0.1) is 0 Å². The summed E-state index contributed by atoms with van der Waals surface area (Å²) in [5, 5.41) is 0. The molecule has 0 aliphatic carbocycles. The lowest BCUT2D eigenvalue weighted by atomic mass is 10.0. The Hall–Kier alpha value is -1.96. The van der Waals surface area contributed by atoms with Gasteiger partial charge in [-0.2, -0.15) is 0 Å². The molecule has 87 heavy (non-hydrogen) atoms. The molecule has 0 unspecified atom stereocenters. The third-order valence-corrected chi connectivity index (χ3v) is 20.1. The highest BCUT2D eigenvalue weighted by Gasteiger charge is 2.15. The third kappa shape index (κ3) is 54.3. The summed E-state index contributed by atoms with van der Waals surface area (Å²) in [6.45, 7) is 14.2. The first kappa shape index (κ1) is 81.1. The van der Waals surface area contributed by atoms with E-state index >= 15 is 0 Å². The Kier molecular flexibility index (Phi) is 62.4. The number of unbranched alkanes of at least 4 members (excludes halogenated alkanes) is 60. The van der Waals surface area contributed by atoms with Crippen molar-refractivity contribution in [1.29, 1.82) is 0 Å². The van der Waals surface area contributed by atoms with Crippen molar-refractivity contribution >= 4 is 11.4 Å². The van der Waals surface area contributed by atoms with Crippen molar-refractivity contribution in [3.63, 3.8) is 0 Å². The van der Waals surface area contributed by atoms with Crippen LogP contribution >= 0.6 is 0 Å². The number of hydrogen-bond acceptors (Lipinski definition) is 2. The van der Waals surface area contributed by atoms with Crippen LogP contribution in [-0.4, -0.2) is 26.2 Å². The molecule has 2 nitrogen and oxygen atoms in total. The fourth-order valence-electron chi connectivity index (χ4n) is 14.1. The van der Waals surface area contributed by atoms with E-state index in [2.05, 4.69) is 86.0 Å². The average Bonchev–Trinajstić information content (AvgIpc) is 3.13. The molecule has 2 aromatic carbocycles. The first-order valence-corrected chi connectivity index (χ1v) is 40.9. The summed E-state index contributed by atoms with van der Waals surface area (Å²) in [6.07, 6.45) is 92.9. The minimum absolute atomic E-state index is 1.03. The van der Waals surface area contributed by atoms with Crippen LogP contribution in [0.3, 0.4) is 0 Å². The van der Waals surface area contributed by atoms with Gasteiger partial charge in [-0.3, -0.25) is 0 Å². The van der Waals surface area contributed by atoms with E-state index in [4.69, 9.17) is 0 Å². The summed E-state index contributed by atoms with van der Waals surface area (Å²) in [4.78, 5) is 5.76. The smallest absolute Gasteiger partial charge is 0.0389 e. The largest absolute Gasteiger partial charge is 0.371 e. The molecule has 0 aliphatic rings. The maximum Gasteiger partial charge on any atom is 0.0389 e. The normalized spacial score (nSPS) is 11.6. The van der Waals surface area contributed by atoms with Crippen molar-refractivity contribution in [2.45, 2.75) is 445 Å². The quantitative estimate of drug-likeness (QED) is 0.0609. The van der Waals surface area contributed by atoms with Crippen molar-refractivity contribution in [2.75, 3.05) is 36.0 Å². The fraction of sp³-hybridized carbons (Fsp3) is 0.859. The van der Waals surface area contributed by atoms with Gasteiger partial charge in [-0.05, 0) is 61.4 Å². The van der Waals surface area contributed by atoms with Crippen LogP contribution in [0.25, 0.3) is 0 Å². The highest BCUT2D eigenvalue weighted by atomic mass is 15.1. The standard InChI is InChI=1S/C85H158N2/c1-5-9-13-17-21-25-29-33-37-41-45-49-53-57-61-68-74-86(75-69-62-58-54-50-46-42-38-34-30-26-22-18-14-10-6-2)84-79-83(78-82-72-66-65-67-73-82)80-85(81-84)87(76-70-63-59-55-51-47-43-39-35-31-27-23-19-15-11-7-3)77-71-64-60-56-52-48-44-40-36-32-28-24-20-16-12-8-4/h65-67,72-73,79-81H,5-64,68-71,74-78H2,1-4H3. The van der Waals surface area contributed by atoms with E-state index in [-0.39, 0.29) is 0 Å². The summed E-state index contributed by atoms with van der Waals surface area (Å²) in [7, 11) is 0. The Morgan fingerprint density at radius 1 is 0.184 bits per heavy atom. The third-order valence-electron chi connectivity index (χ3n) is 20.1. The molecule has 0 N–H and O–H groups in total. The lowest BCUT2D eigenvalue weighted by molar-refractivity contribution is 0.524. The lowest BCUT2D eigenvalue weighted by Gasteiger charge is -2.30. The van der Waals surface area contributed by atoms with Crippen molar-refractivity contribution in [3.05, 3.63) is 59.7 Å². The molecular weight excluding hydrogens is 1050 g/mol. The van der Waals surface area contributed by atoms with Gasteiger partial charge in [-0.1, -0.05) is 443 Å². The Morgan fingerprint density at radius 3 is 0.540 bits per heavy atom. The van der Waals surface area contributed by atoms with Crippen LogP contribution < -0.4 is 9.80 Å². The topological polar surface area (TPSA) is 6.48 Å². The fourth-order valence-corrected chi connectivity index (χ4v) is 14.1. The molecule has 0 spiro atoms. The van der Waals surface area contributed by atoms with Crippen LogP contribution in [0.1, 0.15) is 450 Å². The van der Waals surface area contributed by atoms with Gasteiger partial charge in [0.1, 0.15) is 0 Å². The lowest BCUT2D eigenvalue weighted by Crippen LogP contribution is -2.28. The van der Waals surface area contributed by atoms with E-state index < -0.39 is 0 Å².